The number of fused-ring (bicyclic) bond motifs is 3. The monoisotopic (exact) mass is 241 g/mol. The third kappa shape index (κ3) is 1.76. The molecule has 1 aliphatic carbocycles. The second-order valence-electron chi connectivity index (χ2n) is 4.57. The van der Waals surface area contributed by atoms with Crippen LogP contribution in [-0.2, 0) is 17.6 Å². The van der Waals surface area contributed by atoms with Gasteiger partial charge in [0.25, 0.3) is 0 Å². The van der Waals surface area contributed by atoms with E-state index in [9.17, 15) is 4.79 Å². The predicted molar refractivity (Wildman–Crippen MR) is 69.7 cm³/mol. The lowest BCUT2D eigenvalue weighted by atomic mass is 10.0. The van der Waals surface area contributed by atoms with Crippen molar-refractivity contribution < 1.29 is 9.53 Å². The Morgan fingerprint density at radius 2 is 2.28 bits per heavy atom. The van der Waals surface area contributed by atoms with Gasteiger partial charge in [0, 0.05) is 11.6 Å². The molecule has 0 spiro atoms. The first-order valence-electron chi connectivity index (χ1n) is 6.37. The van der Waals surface area contributed by atoms with Crippen LogP contribution >= 0.6 is 0 Å². The molecule has 0 bridgehead atoms. The van der Waals surface area contributed by atoms with Crippen LogP contribution in [0.25, 0.3) is 10.9 Å². The van der Waals surface area contributed by atoms with Crippen LogP contribution in [0.2, 0.25) is 0 Å². The molecule has 0 radical (unpaired) electrons. The van der Waals surface area contributed by atoms with E-state index >= 15 is 0 Å². The third-order valence-corrected chi connectivity index (χ3v) is 3.44. The Labute approximate surface area is 106 Å². The number of hydrogen-bond donors (Lipinski definition) is 0. The molecule has 1 aromatic carbocycles. The van der Waals surface area contributed by atoms with Crippen molar-refractivity contribution >= 4 is 16.9 Å². The van der Waals surface area contributed by atoms with Gasteiger partial charge < -0.3 is 4.74 Å². The maximum atomic E-state index is 11.7. The number of esters is 1. The van der Waals surface area contributed by atoms with Crippen LogP contribution in [-0.4, -0.2) is 17.6 Å². The highest BCUT2D eigenvalue weighted by Gasteiger charge is 2.16. The van der Waals surface area contributed by atoms with E-state index in [4.69, 9.17) is 4.74 Å². The van der Waals surface area contributed by atoms with Crippen LogP contribution in [0.15, 0.2) is 24.4 Å². The zero-order valence-corrected chi connectivity index (χ0v) is 10.4. The fraction of sp³-hybridized carbons (Fsp3) is 0.333. The average molecular weight is 241 g/mol. The molecule has 3 heteroatoms. The molecule has 0 fully saturated rings. The van der Waals surface area contributed by atoms with Crippen LogP contribution in [0.4, 0.5) is 0 Å². The average Bonchev–Trinajstić information content (AvgIpc) is 2.87. The summed E-state index contributed by atoms with van der Waals surface area (Å²) in [7, 11) is 0. The fourth-order valence-electron chi connectivity index (χ4n) is 2.60. The van der Waals surface area contributed by atoms with E-state index in [0.29, 0.717) is 12.2 Å². The number of aryl methyl sites for hydroxylation is 2. The van der Waals surface area contributed by atoms with Gasteiger partial charge in [-0.25, -0.2) is 4.79 Å². The van der Waals surface area contributed by atoms with Crippen molar-refractivity contribution in [2.45, 2.75) is 26.2 Å². The summed E-state index contributed by atoms with van der Waals surface area (Å²) in [6, 6.07) is 6.08. The minimum atomic E-state index is -0.299. The molecule has 0 saturated carbocycles. The van der Waals surface area contributed by atoms with E-state index < -0.39 is 0 Å². The highest BCUT2D eigenvalue weighted by Crippen LogP contribution is 2.28. The fourth-order valence-corrected chi connectivity index (χ4v) is 2.60. The van der Waals surface area contributed by atoms with Crippen LogP contribution < -0.4 is 0 Å². The Kier molecular flexibility index (Phi) is 2.74. The van der Waals surface area contributed by atoms with Crippen molar-refractivity contribution in [3.63, 3.8) is 0 Å². The summed E-state index contributed by atoms with van der Waals surface area (Å²) in [4.78, 5) is 16.1. The van der Waals surface area contributed by atoms with Gasteiger partial charge in [0.05, 0.1) is 17.7 Å². The molecule has 3 nitrogen and oxygen atoms in total. The molecule has 0 amide bonds. The normalized spacial score (nSPS) is 13.6. The van der Waals surface area contributed by atoms with Crippen molar-refractivity contribution in [1.82, 2.24) is 4.98 Å². The van der Waals surface area contributed by atoms with Crippen molar-refractivity contribution in [2.75, 3.05) is 6.61 Å². The third-order valence-electron chi connectivity index (χ3n) is 3.44. The first kappa shape index (κ1) is 11.2. The van der Waals surface area contributed by atoms with Gasteiger partial charge >= 0.3 is 5.97 Å². The summed E-state index contributed by atoms with van der Waals surface area (Å²) in [5.74, 6) is -0.299. The van der Waals surface area contributed by atoms with Gasteiger partial charge in [0.1, 0.15) is 0 Å². The van der Waals surface area contributed by atoms with Crippen molar-refractivity contribution in [3.8, 4) is 0 Å². The van der Waals surface area contributed by atoms with Crippen molar-refractivity contribution in [3.05, 3.63) is 41.1 Å². The quantitative estimate of drug-likeness (QED) is 0.759. The van der Waals surface area contributed by atoms with Crippen LogP contribution in [0.3, 0.4) is 0 Å². The molecule has 0 unspecified atom stereocenters. The lowest BCUT2D eigenvalue weighted by Gasteiger charge is -2.06. The Morgan fingerprint density at radius 1 is 1.39 bits per heavy atom. The SMILES string of the molecule is CCOC(=O)c1cnc2c3c(ccc2c1)CCC3. The number of benzene rings is 1. The van der Waals surface area contributed by atoms with Gasteiger partial charge in [0.2, 0.25) is 0 Å². The summed E-state index contributed by atoms with van der Waals surface area (Å²) in [6.45, 7) is 2.19. The van der Waals surface area contributed by atoms with Crippen LogP contribution in [0, 0.1) is 0 Å². The van der Waals surface area contributed by atoms with E-state index in [2.05, 4.69) is 17.1 Å². The number of carbonyl (C=O) groups is 1. The lowest BCUT2D eigenvalue weighted by molar-refractivity contribution is 0.0526. The summed E-state index contributed by atoms with van der Waals surface area (Å²) >= 11 is 0. The predicted octanol–water partition coefficient (Wildman–Crippen LogP) is 2.90. The first-order valence-corrected chi connectivity index (χ1v) is 6.37. The molecule has 1 aliphatic rings. The molecule has 0 saturated heterocycles. The molecule has 2 aromatic rings. The molecule has 1 aromatic heterocycles. The van der Waals surface area contributed by atoms with Gasteiger partial charge in [-0.2, -0.15) is 0 Å². The largest absolute Gasteiger partial charge is 0.462 e. The Bertz CT molecular complexity index is 619. The highest BCUT2D eigenvalue weighted by molar-refractivity contribution is 5.94. The van der Waals surface area contributed by atoms with E-state index in [0.717, 1.165) is 23.7 Å². The first-order chi connectivity index (χ1) is 8.79. The van der Waals surface area contributed by atoms with Gasteiger partial charge in [-0.05, 0) is 43.4 Å². The highest BCUT2D eigenvalue weighted by atomic mass is 16.5. The van der Waals surface area contributed by atoms with Crippen LogP contribution in [0.5, 0.6) is 0 Å². The minimum absolute atomic E-state index is 0.299. The number of hydrogen-bond acceptors (Lipinski definition) is 3. The molecule has 0 atom stereocenters. The number of nitrogens with zero attached hydrogens (tertiary/aromatic N) is 1. The number of aromatic nitrogens is 1. The van der Waals surface area contributed by atoms with E-state index in [1.807, 2.05) is 6.07 Å². The maximum Gasteiger partial charge on any atom is 0.339 e. The summed E-state index contributed by atoms with van der Waals surface area (Å²) in [6.07, 6.45) is 5.07. The summed E-state index contributed by atoms with van der Waals surface area (Å²) in [5.41, 5.74) is 4.32. The Balaban J connectivity index is 2.09. The lowest BCUT2D eigenvalue weighted by Crippen LogP contribution is -2.05. The molecule has 92 valence electrons. The Morgan fingerprint density at radius 3 is 3.11 bits per heavy atom. The molecule has 0 N–H and O–H groups in total. The number of rotatable bonds is 2. The molecule has 1 heterocycles. The van der Waals surface area contributed by atoms with Gasteiger partial charge in [-0.15, -0.1) is 0 Å². The second kappa shape index (κ2) is 4.41. The van der Waals surface area contributed by atoms with E-state index in [-0.39, 0.29) is 5.97 Å². The molecule has 18 heavy (non-hydrogen) atoms. The van der Waals surface area contributed by atoms with Gasteiger partial charge in [-0.3, -0.25) is 4.98 Å². The van der Waals surface area contributed by atoms with Crippen molar-refractivity contribution in [1.29, 1.82) is 0 Å². The zero-order valence-electron chi connectivity index (χ0n) is 10.4. The number of carbonyl (C=O) groups excluding carboxylic acids is 1. The topological polar surface area (TPSA) is 39.2 Å². The summed E-state index contributed by atoms with van der Waals surface area (Å²) in [5, 5.41) is 1.03. The molecule has 0 aliphatic heterocycles. The van der Waals surface area contributed by atoms with E-state index in [1.54, 1.807) is 13.1 Å². The zero-order chi connectivity index (χ0) is 12.5. The molecular formula is C15H15NO2. The smallest absolute Gasteiger partial charge is 0.339 e. The summed E-state index contributed by atoms with van der Waals surface area (Å²) < 4.78 is 4.99. The maximum absolute atomic E-state index is 11.7. The molecular weight excluding hydrogens is 226 g/mol. The Hall–Kier alpha value is -1.90. The second-order valence-corrected chi connectivity index (χ2v) is 4.57. The number of ether oxygens (including phenoxy) is 1. The van der Waals surface area contributed by atoms with Gasteiger partial charge in [0.15, 0.2) is 0 Å². The van der Waals surface area contributed by atoms with Crippen molar-refractivity contribution in [2.24, 2.45) is 0 Å². The van der Waals surface area contributed by atoms with Crippen LogP contribution in [0.1, 0.15) is 34.8 Å². The number of pyridine rings is 1. The molecule has 3 rings (SSSR count). The minimum Gasteiger partial charge on any atom is -0.462 e. The van der Waals surface area contributed by atoms with Gasteiger partial charge in [-0.1, -0.05) is 12.1 Å². The standard InChI is InChI=1S/C15H15NO2/c1-2-18-15(17)12-8-11-7-6-10-4-3-5-13(10)14(11)16-9-12/h6-9H,2-5H2,1H3. The van der Waals surface area contributed by atoms with E-state index in [1.165, 1.54) is 17.5 Å².